The fourth-order valence-electron chi connectivity index (χ4n) is 0.563. The summed E-state index contributed by atoms with van der Waals surface area (Å²) in [5, 5.41) is 0. The summed E-state index contributed by atoms with van der Waals surface area (Å²) in [6.07, 6.45) is 0. The first kappa shape index (κ1) is 14.2. The summed E-state index contributed by atoms with van der Waals surface area (Å²) in [6, 6.07) is 0. The summed E-state index contributed by atoms with van der Waals surface area (Å²) in [5.41, 5.74) is 0.482. The number of hydrogen-bond acceptors (Lipinski definition) is 2. The molecule has 76 valence electrons. The molecule has 0 aliphatic rings. The molecular formula is C7H14BBrIO2P. The Morgan fingerprint density at radius 1 is 1.77 bits per heavy atom. The van der Waals surface area contributed by atoms with Crippen molar-refractivity contribution in [2.75, 3.05) is 6.61 Å². The van der Waals surface area contributed by atoms with Gasteiger partial charge in [0.15, 0.2) is 0 Å². The molecule has 0 bridgehead atoms. The monoisotopic (exact) mass is 378 g/mol. The second-order valence-corrected chi connectivity index (χ2v) is 9.24. The molecule has 0 aromatic rings. The van der Waals surface area contributed by atoms with Crippen LogP contribution in [0.4, 0.5) is 0 Å². The standard InChI is InChI=1S/C7H14BBrIO2P/c1-5(13-8-10)4-12-6(11)7(2,3)9/h5,8,13H,4H2,1-3H3. The molecule has 0 heterocycles. The molecule has 13 heavy (non-hydrogen) atoms. The lowest BCUT2D eigenvalue weighted by molar-refractivity contribution is -0.145. The molecule has 0 saturated heterocycles. The van der Waals surface area contributed by atoms with Crippen LogP contribution in [0, 0.1) is 0 Å². The Morgan fingerprint density at radius 3 is 2.69 bits per heavy atom. The highest BCUT2D eigenvalue weighted by atomic mass is 127. The van der Waals surface area contributed by atoms with Gasteiger partial charge in [-0.15, -0.1) is 30.8 Å². The highest BCUT2D eigenvalue weighted by Gasteiger charge is 2.25. The van der Waals surface area contributed by atoms with Gasteiger partial charge in [-0.05, 0) is 13.8 Å². The minimum absolute atomic E-state index is 0.183. The van der Waals surface area contributed by atoms with Gasteiger partial charge in [-0.2, -0.15) is 0 Å². The second kappa shape index (κ2) is 6.62. The number of alkyl halides is 1. The zero-order valence-corrected chi connectivity index (χ0v) is 12.8. The summed E-state index contributed by atoms with van der Waals surface area (Å²) in [6.45, 7) is 6.22. The molecule has 0 saturated carbocycles. The maximum Gasteiger partial charge on any atom is 0.322 e. The molecule has 0 aromatic heterocycles. The van der Waals surface area contributed by atoms with E-state index < -0.39 is 4.32 Å². The minimum atomic E-state index is -0.555. The lowest BCUT2D eigenvalue weighted by Crippen LogP contribution is -2.28. The van der Waals surface area contributed by atoms with E-state index in [1.807, 2.05) is 0 Å². The van der Waals surface area contributed by atoms with Crippen molar-refractivity contribution in [2.24, 2.45) is 0 Å². The molecule has 0 radical (unpaired) electrons. The van der Waals surface area contributed by atoms with E-state index >= 15 is 0 Å². The van der Waals surface area contributed by atoms with Gasteiger partial charge in [0.05, 0.1) is 6.61 Å². The fourth-order valence-corrected chi connectivity index (χ4v) is 3.40. The summed E-state index contributed by atoms with van der Waals surface area (Å²) in [4.78, 5) is 12.4. The maximum absolute atomic E-state index is 11.3. The Bertz CT molecular complexity index is 174. The smallest absolute Gasteiger partial charge is 0.322 e. The first-order valence-corrected chi connectivity index (χ1v) is 7.63. The van der Waals surface area contributed by atoms with Gasteiger partial charge in [-0.1, -0.05) is 22.9 Å². The highest BCUT2D eigenvalue weighted by molar-refractivity contribution is 14.1. The van der Waals surface area contributed by atoms with Crippen molar-refractivity contribution >= 4 is 57.6 Å². The van der Waals surface area contributed by atoms with Crippen LogP contribution < -0.4 is 0 Å². The third-order valence-corrected chi connectivity index (χ3v) is 4.04. The van der Waals surface area contributed by atoms with Crippen molar-refractivity contribution in [3.63, 3.8) is 0 Å². The van der Waals surface area contributed by atoms with Crippen LogP contribution in [0.25, 0.3) is 0 Å². The Kier molecular flexibility index (Phi) is 7.22. The Balaban J connectivity index is 3.71. The average molecular weight is 379 g/mol. The van der Waals surface area contributed by atoms with Crippen molar-refractivity contribution in [2.45, 2.75) is 30.8 Å². The van der Waals surface area contributed by atoms with E-state index in [4.69, 9.17) is 4.74 Å². The molecule has 0 N–H and O–H groups in total. The average Bonchev–Trinajstić information content (AvgIpc) is 1.99. The molecule has 0 amide bonds. The number of rotatable bonds is 5. The van der Waals surface area contributed by atoms with Crippen molar-refractivity contribution in [3.05, 3.63) is 0 Å². The zero-order chi connectivity index (χ0) is 10.5. The maximum atomic E-state index is 11.3. The van der Waals surface area contributed by atoms with Gasteiger partial charge in [0.1, 0.15) is 4.32 Å². The van der Waals surface area contributed by atoms with Crippen LogP contribution in [0.2, 0.25) is 0 Å². The van der Waals surface area contributed by atoms with Gasteiger partial charge in [0.25, 0.3) is 0 Å². The van der Waals surface area contributed by atoms with E-state index in [9.17, 15) is 4.79 Å². The minimum Gasteiger partial charge on any atom is -0.464 e. The van der Waals surface area contributed by atoms with Crippen LogP contribution in [-0.2, 0) is 9.53 Å². The van der Waals surface area contributed by atoms with Crippen molar-refractivity contribution in [1.29, 1.82) is 0 Å². The SMILES string of the molecule is CC(COC(=O)C(C)(C)Br)PBI. The van der Waals surface area contributed by atoms with Gasteiger partial charge in [-0.25, -0.2) is 0 Å². The number of ether oxygens (including phenoxy) is 1. The van der Waals surface area contributed by atoms with Crippen molar-refractivity contribution in [3.8, 4) is 0 Å². The molecule has 0 rings (SSSR count). The fraction of sp³-hybridized carbons (Fsp3) is 0.857. The summed E-state index contributed by atoms with van der Waals surface area (Å²) in [5.74, 6) is -0.183. The Morgan fingerprint density at radius 2 is 2.31 bits per heavy atom. The quantitative estimate of drug-likeness (QED) is 0.241. The van der Waals surface area contributed by atoms with Gasteiger partial charge in [0.2, 0.25) is 4.86 Å². The zero-order valence-electron chi connectivity index (χ0n) is 8.06. The second-order valence-electron chi connectivity index (χ2n) is 3.31. The molecule has 2 nitrogen and oxygen atoms in total. The Labute approximate surface area is 104 Å². The van der Waals surface area contributed by atoms with E-state index in [1.165, 1.54) is 0 Å². The van der Waals surface area contributed by atoms with Crippen LogP contribution in [0.3, 0.4) is 0 Å². The third kappa shape index (κ3) is 7.14. The predicted octanol–water partition coefficient (Wildman–Crippen LogP) is 2.47. The summed E-state index contributed by atoms with van der Waals surface area (Å²) in [7, 11) is 0.866. The summed E-state index contributed by atoms with van der Waals surface area (Å²) < 4.78 is 4.58. The molecule has 2 unspecified atom stereocenters. The van der Waals surface area contributed by atoms with Gasteiger partial charge in [0, 0.05) is 5.66 Å². The van der Waals surface area contributed by atoms with E-state index in [0.29, 0.717) is 12.3 Å². The first-order chi connectivity index (χ1) is 5.88. The van der Waals surface area contributed by atoms with Crippen LogP contribution in [0.5, 0.6) is 0 Å². The number of halogens is 2. The summed E-state index contributed by atoms with van der Waals surface area (Å²) >= 11 is 5.60. The molecule has 0 aliphatic carbocycles. The molecule has 0 aliphatic heterocycles. The van der Waals surface area contributed by atoms with Gasteiger partial charge in [-0.3, -0.25) is 4.79 Å². The molecule has 0 spiro atoms. The van der Waals surface area contributed by atoms with E-state index in [1.54, 1.807) is 13.8 Å². The van der Waals surface area contributed by atoms with Crippen LogP contribution in [0.1, 0.15) is 20.8 Å². The topological polar surface area (TPSA) is 26.3 Å². The van der Waals surface area contributed by atoms with E-state index in [0.717, 1.165) is 13.3 Å². The molecule has 0 fully saturated rings. The number of carbonyl (C=O) groups excluding carboxylic acids is 1. The predicted molar refractivity (Wildman–Crippen MR) is 72.9 cm³/mol. The molecule has 0 aromatic carbocycles. The van der Waals surface area contributed by atoms with Crippen LogP contribution >= 0.6 is 46.8 Å². The molecule has 6 heteroatoms. The molecule has 2 atom stereocenters. The van der Waals surface area contributed by atoms with Gasteiger partial charge < -0.3 is 4.74 Å². The van der Waals surface area contributed by atoms with Crippen molar-refractivity contribution in [1.82, 2.24) is 0 Å². The van der Waals surface area contributed by atoms with Crippen LogP contribution in [0.15, 0.2) is 0 Å². The number of esters is 1. The van der Waals surface area contributed by atoms with E-state index in [2.05, 4.69) is 45.2 Å². The normalized spacial score (nSPS) is 14.5. The Hall–Kier alpha value is 1.17. The van der Waals surface area contributed by atoms with Gasteiger partial charge >= 0.3 is 5.97 Å². The lowest BCUT2D eigenvalue weighted by Gasteiger charge is -2.17. The number of hydrogen-bond donors (Lipinski definition) is 0. The first-order valence-electron chi connectivity index (χ1n) is 4.03. The van der Waals surface area contributed by atoms with E-state index in [-0.39, 0.29) is 5.97 Å². The largest absolute Gasteiger partial charge is 0.464 e. The highest BCUT2D eigenvalue weighted by Crippen LogP contribution is 2.21. The van der Waals surface area contributed by atoms with Crippen LogP contribution in [-0.4, -0.2) is 27.4 Å². The lowest BCUT2D eigenvalue weighted by atomic mass is 10.2. The number of carbonyl (C=O) groups is 1. The molecular weight excluding hydrogens is 365 g/mol. The third-order valence-electron chi connectivity index (χ3n) is 1.38. The van der Waals surface area contributed by atoms with Crippen molar-refractivity contribution < 1.29 is 9.53 Å².